The number of Topliss-reactive ketones (excluding diaryl/α,β-unsaturated/α-hetero) is 1. The monoisotopic (exact) mass is 332 g/mol. The van der Waals surface area contributed by atoms with E-state index in [1.165, 1.54) is 38.5 Å². The zero-order valence-electron chi connectivity index (χ0n) is 16.4. The van der Waals surface area contributed by atoms with E-state index in [1.54, 1.807) is 0 Å². The van der Waals surface area contributed by atoms with Crippen molar-refractivity contribution in [2.75, 3.05) is 7.11 Å². The molecule has 2 nitrogen and oxygen atoms in total. The van der Waals surface area contributed by atoms with Crippen LogP contribution in [-0.2, 0) is 9.53 Å². The minimum Gasteiger partial charge on any atom is -0.381 e. The first kappa shape index (κ1) is 17.1. The van der Waals surface area contributed by atoms with E-state index in [0.717, 1.165) is 30.6 Å². The van der Waals surface area contributed by atoms with E-state index in [0.29, 0.717) is 23.2 Å². The van der Waals surface area contributed by atoms with Gasteiger partial charge in [0.25, 0.3) is 0 Å². The Labute approximate surface area is 148 Å². The summed E-state index contributed by atoms with van der Waals surface area (Å²) in [5.41, 5.74) is 0.367. The molecule has 0 amide bonds. The third kappa shape index (κ3) is 2.14. The lowest BCUT2D eigenvalue weighted by Crippen LogP contribution is -2.54. The Bertz CT molecular complexity index is 538. The number of methoxy groups -OCH3 is 1. The molecule has 4 saturated carbocycles. The summed E-state index contributed by atoms with van der Waals surface area (Å²) in [6, 6.07) is 0. The largest absolute Gasteiger partial charge is 0.381 e. The average molecular weight is 333 g/mol. The molecule has 0 unspecified atom stereocenters. The highest BCUT2D eigenvalue weighted by molar-refractivity contribution is 5.92. The van der Waals surface area contributed by atoms with E-state index in [-0.39, 0.29) is 10.8 Å². The highest BCUT2D eigenvalue weighted by Gasteiger charge is 2.64. The first-order valence-corrected chi connectivity index (χ1v) is 10.3. The summed E-state index contributed by atoms with van der Waals surface area (Å²) in [5, 5.41) is 0. The van der Waals surface area contributed by atoms with Crippen molar-refractivity contribution in [1.82, 2.24) is 0 Å². The second kappa shape index (κ2) is 5.32. The Morgan fingerprint density at radius 1 is 0.958 bits per heavy atom. The number of hydrogen-bond acceptors (Lipinski definition) is 2. The lowest BCUT2D eigenvalue weighted by atomic mass is 9.45. The molecular formula is C22H36O2. The fourth-order valence-electron chi connectivity index (χ4n) is 7.83. The van der Waals surface area contributed by atoms with Gasteiger partial charge in [0.15, 0.2) is 0 Å². The van der Waals surface area contributed by atoms with Gasteiger partial charge in [-0.3, -0.25) is 4.79 Å². The van der Waals surface area contributed by atoms with Crippen LogP contribution in [0, 0.1) is 39.9 Å². The molecule has 0 radical (unpaired) electrons. The number of hydrogen-bond donors (Lipinski definition) is 0. The maximum Gasteiger partial charge on any atom is 0.144 e. The molecule has 0 N–H and O–H groups in total. The Morgan fingerprint density at radius 3 is 2.42 bits per heavy atom. The molecule has 4 aliphatic carbocycles. The number of fused-ring (bicyclic) bond motifs is 5. The molecule has 4 rings (SSSR count). The molecule has 7 atom stereocenters. The molecule has 0 aromatic rings. The summed E-state index contributed by atoms with van der Waals surface area (Å²) in [6.07, 6.45) is 10.6. The molecule has 0 aromatic heterocycles. The standard InChI is InChI=1S/C22H36O2/c1-20(2)13-18-16-7-6-14-12-15(24-5)8-10-21(14,3)17(16)9-11-22(18,4)19(20)23/h14-18H,6-13H2,1-5H3/t14-,15+,16+,17-,18-,21-,22-/m0/s1. The number of ketones is 1. The summed E-state index contributed by atoms with van der Waals surface area (Å²) in [4.78, 5) is 13.1. The van der Waals surface area contributed by atoms with Gasteiger partial charge in [-0.2, -0.15) is 0 Å². The van der Waals surface area contributed by atoms with Gasteiger partial charge < -0.3 is 4.74 Å². The van der Waals surface area contributed by atoms with Gasteiger partial charge in [0.2, 0.25) is 0 Å². The maximum atomic E-state index is 13.1. The van der Waals surface area contributed by atoms with Gasteiger partial charge >= 0.3 is 0 Å². The van der Waals surface area contributed by atoms with E-state index < -0.39 is 0 Å². The molecule has 0 saturated heterocycles. The normalized spacial score (nSPS) is 53.2. The number of carbonyl (C=O) groups is 1. The van der Waals surface area contributed by atoms with Crippen LogP contribution >= 0.6 is 0 Å². The van der Waals surface area contributed by atoms with Crippen LogP contribution in [0.3, 0.4) is 0 Å². The van der Waals surface area contributed by atoms with Crippen molar-refractivity contribution in [3.05, 3.63) is 0 Å². The molecule has 2 heteroatoms. The van der Waals surface area contributed by atoms with Gasteiger partial charge in [0.1, 0.15) is 5.78 Å². The van der Waals surface area contributed by atoms with Crippen molar-refractivity contribution < 1.29 is 9.53 Å². The molecule has 4 aliphatic rings. The second-order valence-electron chi connectivity index (χ2n) is 10.7. The minimum absolute atomic E-state index is 0.0302. The molecule has 0 spiro atoms. The maximum absolute atomic E-state index is 13.1. The summed E-state index contributed by atoms with van der Waals surface area (Å²) >= 11 is 0. The van der Waals surface area contributed by atoms with Gasteiger partial charge in [-0.05, 0) is 80.5 Å². The number of ether oxygens (including phenoxy) is 1. The highest BCUT2D eigenvalue weighted by atomic mass is 16.5. The third-order valence-electron chi connectivity index (χ3n) is 9.20. The van der Waals surface area contributed by atoms with Crippen molar-refractivity contribution >= 4 is 5.78 Å². The average Bonchev–Trinajstić information content (AvgIpc) is 2.73. The van der Waals surface area contributed by atoms with Crippen molar-refractivity contribution in [3.63, 3.8) is 0 Å². The Balaban J connectivity index is 1.63. The lowest BCUT2D eigenvalue weighted by Gasteiger charge is -2.60. The van der Waals surface area contributed by atoms with Gasteiger partial charge in [-0.15, -0.1) is 0 Å². The highest BCUT2D eigenvalue weighted by Crippen LogP contribution is 2.67. The van der Waals surface area contributed by atoms with Crippen LogP contribution in [0.2, 0.25) is 0 Å². The van der Waals surface area contributed by atoms with E-state index in [9.17, 15) is 4.79 Å². The number of carbonyl (C=O) groups excluding carboxylic acids is 1. The topological polar surface area (TPSA) is 26.3 Å². The molecule has 0 aromatic carbocycles. The van der Waals surface area contributed by atoms with E-state index in [4.69, 9.17) is 4.74 Å². The molecule has 0 heterocycles. The van der Waals surface area contributed by atoms with Gasteiger partial charge in [-0.25, -0.2) is 0 Å². The van der Waals surface area contributed by atoms with Crippen LogP contribution in [-0.4, -0.2) is 19.0 Å². The van der Waals surface area contributed by atoms with Crippen molar-refractivity contribution in [1.29, 1.82) is 0 Å². The summed E-state index contributed by atoms with van der Waals surface area (Å²) in [6.45, 7) is 9.29. The third-order valence-corrected chi connectivity index (χ3v) is 9.20. The van der Waals surface area contributed by atoms with Crippen molar-refractivity contribution in [2.45, 2.75) is 85.2 Å². The van der Waals surface area contributed by atoms with Crippen LogP contribution in [0.15, 0.2) is 0 Å². The van der Waals surface area contributed by atoms with Crippen LogP contribution in [0.5, 0.6) is 0 Å². The fourth-order valence-corrected chi connectivity index (χ4v) is 7.83. The minimum atomic E-state index is -0.0974. The van der Waals surface area contributed by atoms with Gasteiger partial charge in [-0.1, -0.05) is 27.7 Å². The quantitative estimate of drug-likeness (QED) is 0.655. The molecule has 0 bridgehead atoms. The molecule has 4 fully saturated rings. The molecule has 24 heavy (non-hydrogen) atoms. The zero-order chi connectivity index (χ0) is 17.3. The molecule has 136 valence electrons. The summed E-state index contributed by atoms with van der Waals surface area (Å²) < 4.78 is 5.70. The van der Waals surface area contributed by atoms with Crippen molar-refractivity contribution in [3.8, 4) is 0 Å². The Hall–Kier alpha value is -0.370. The molecule has 0 aliphatic heterocycles. The van der Waals surface area contributed by atoms with Crippen molar-refractivity contribution in [2.24, 2.45) is 39.9 Å². The van der Waals surface area contributed by atoms with Crippen LogP contribution in [0.25, 0.3) is 0 Å². The molecular weight excluding hydrogens is 296 g/mol. The van der Waals surface area contributed by atoms with Crippen LogP contribution in [0.4, 0.5) is 0 Å². The van der Waals surface area contributed by atoms with Gasteiger partial charge in [0.05, 0.1) is 6.10 Å². The van der Waals surface area contributed by atoms with E-state index in [1.807, 2.05) is 7.11 Å². The Morgan fingerprint density at radius 2 is 1.71 bits per heavy atom. The SMILES string of the molecule is CO[C@@H]1CC[C@@]2(C)[C@@H](CC[C@@H]3[C@@H]2CC[C@]2(C)C(=O)C(C)(C)C[C@@H]32)C1. The summed E-state index contributed by atoms with van der Waals surface area (Å²) in [7, 11) is 1.89. The van der Waals surface area contributed by atoms with Gasteiger partial charge in [0, 0.05) is 17.9 Å². The van der Waals surface area contributed by atoms with Crippen LogP contribution in [0.1, 0.15) is 79.1 Å². The Kier molecular flexibility index (Phi) is 3.78. The first-order valence-electron chi connectivity index (χ1n) is 10.3. The predicted molar refractivity (Wildman–Crippen MR) is 96.7 cm³/mol. The zero-order valence-corrected chi connectivity index (χ0v) is 16.4. The smallest absolute Gasteiger partial charge is 0.144 e. The summed E-state index contributed by atoms with van der Waals surface area (Å²) in [5.74, 6) is 3.67. The lowest BCUT2D eigenvalue weighted by molar-refractivity contribution is -0.145. The van der Waals surface area contributed by atoms with Crippen LogP contribution < -0.4 is 0 Å². The van der Waals surface area contributed by atoms with E-state index in [2.05, 4.69) is 27.7 Å². The fraction of sp³-hybridized carbons (Fsp3) is 0.955. The second-order valence-corrected chi connectivity index (χ2v) is 10.7. The predicted octanol–water partition coefficient (Wildman–Crippen LogP) is 5.25. The van der Waals surface area contributed by atoms with E-state index >= 15 is 0 Å². The first-order chi connectivity index (χ1) is 11.2. The number of rotatable bonds is 1.